The fourth-order valence-corrected chi connectivity index (χ4v) is 8.76. The first-order valence-electron chi connectivity index (χ1n) is 15.4. The molecule has 1 aliphatic heterocycles. The summed E-state index contributed by atoms with van der Waals surface area (Å²) in [4.78, 5) is 33.6. The number of hydrogen-bond acceptors (Lipinski definition) is 9. The Kier molecular flexibility index (Phi) is 11.0. The first-order chi connectivity index (χ1) is 24.3. The van der Waals surface area contributed by atoms with Gasteiger partial charge in [-0.2, -0.15) is 5.26 Å². The molecule has 1 atom stereocenters. The van der Waals surface area contributed by atoms with E-state index in [4.69, 9.17) is 23.9 Å². The fraction of sp³-hybridized carbons (Fsp3) is 0.158. The first-order valence-corrected chi connectivity index (χ1v) is 18.4. The van der Waals surface area contributed by atoms with Crippen LogP contribution in [0.25, 0.3) is 11.8 Å². The lowest BCUT2D eigenvalue weighted by Crippen LogP contribution is -2.40. The van der Waals surface area contributed by atoms with Crippen LogP contribution in [-0.4, -0.2) is 31.4 Å². The van der Waals surface area contributed by atoms with Gasteiger partial charge in [0, 0.05) is 11.1 Å². The SMILES string of the molecule is CCOC(=O)C1=C(c2ccccc2)N=c2s/c(=C\c3cc(I)c(OCc4ccccc4C#N)c(I)c3)c(=O)n2[C@@H]1c1ccc(OC)c(OC)c1. The van der Waals surface area contributed by atoms with Gasteiger partial charge in [-0.25, -0.2) is 9.79 Å². The average Bonchev–Trinajstić information content (AvgIpc) is 3.44. The zero-order valence-corrected chi connectivity index (χ0v) is 32.2. The van der Waals surface area contributed by atoms with Crippen LogP contribution in [0.1, 0.15) is 40.8 Å². The van der Waals surface area contributed by atoms with E-state index in [1.165, 1.54) is 18.4 Å². The number of halogens is 2. The van der Waals surface area contributed by atoms with Gasteiger partial charge in [0.2, 0.25) is 0 Å². The highest BCUT2D eigenvalue weighted by Crippen LogP contribution is 2.38. The fourth-order valence-electron chi connectivity index (χ4n) is 5.64. The molecule has 1 aliphatic rings. The molecule has 0 radical (unpaired) electrons. The van der Waals surface area contributed by atoms with E-state index < -0.39 is 12.0 Å². The van der Waals surface area contributed by atoms with Crippen LogP contribution in [0, 0.1) is 18.5 Å². The molecule has 1 aromatic heterocycles. The number of benzene rings is 4. The number of ether oxygens (including phenoxy) is 4. The van der Waals surface area contributed by atoms with Crippen molar-refractivity contribution in [3.63, 3.8) is 0 Å². The van der Waals surface area contributed by atoms with Crippen molar-refractivity contribution in [2.75, 3.05) is 20.8 Å². The number of hydrogen-bond donors (Lipinski definition) is 0. The Bertz CT molecular complexity index is 2340. The van der Waals surface area contributed by atoms with Crippen LogP contribution < -0.4 is 29.1 Å². The van der Waals surface area contributed by atoms with Gasteiger partial charge >= 0.3 is 5.97 Å². The van der Waals surface area contributed by atoms with Gasteiger partial charge in [-0.1, -0.05) is 65.9 Å². The first kappa shape index (κ1) is 35.4. The summed E-state index contributed by atoms with van der Waals surface area (Å²) >= 11 is 5.68. The smallest absolute Gasteiger partial charge is 0.338 e. The number of thiazole rings is 1. The highest BCUT2D eigenvalue weighted by Gasteiger charge is 2.35. The van der Waals surface area contributed by atoms with Crippen LogP contribution in [0.4, 0.5) is 0 Å². The summed E-state index contributed by atoms with van der Waals surface area (Å²) in [7, 11) is 3.09. The van der Waals surface area contributed by atoms with Crippen LogP contribution >= 0.6 is 56.5 Å². The third kappa shape index (κ3) is 7.07. The van der Waals surface area contributed by atoms with Crippen molar-refractivity contribution in [1.82, 2.24) is 4.57 Å². The Morgan fingerprint density at radius 1 is 0.980 bits per heavy atom. The molecule has 0 unspecified atom stereocenters. The molecule has 12 heteroatoms. The van der Waals surface area contributed by atoms with Crippen LogP contribution in [0.3, 0.4) is 0 Å². The molecule has 0 N–H and O–H groups in total. The summed E-state index contributed by atoms with van der Waals surface area (Å²) in [5, 5.41) is 9.47. The van der Waals surface area contributed by atoms with Crippen LogP contribution in [0.5, 0.6) is 17.2 Å². The molecule has 0 fully saturated rings. The van der Waals surface area contributed by atoms with Crippen molar-refractivity contribution in [1.29, 1.82) is 5.26 Å². The number of methoxy groups -OCH3 is 2. The quantitative estimate of drug-likeness (QED) is 0.115. The Morgan fingerprint density at radius 2 is 1.68 bits per heavy atom. The van der Waals surface area contributed by atoms with Gasteiger partial charge < -0.3 is 18.9 Å². The number of carbonyl (C=O) groups excluding carboxylic acids is 1. The zero-order valence-electron chi connectivity index (χ0n) is 27.1. The van der Waals surface area contributed by atoms with Gasteiger partial charge in [-0.3, -0.25) is 9.36 Å². The van der Waals surface area contributed by atoms with E-state index in [-0.39, 0.29) is 24.3 Å². The average molecular weight is 910 g/mol. The summed E-state index contributed by atoms with van der Waals surface area (Å²) in [5.74, 6) is 1.09. The predicted octanol–water partition coefficient (Wildman–Crippen LogP) is 6.61. The molecule has 0 saturated carbocycles. The molecular weight excluding hydrogens is 880 g/mol. The topological polar surface area (TPSA) is 112 Å². The third-order valence-corrected chi connectivity index (χ3v) is 10.5. The molecule has 5 aromatic rings. The Morgan fingerprint density at radius 3 is 2.36 bits per heavy atom. The van der Waals surface area contributed by atoms with Gasteiger partial charge in [0.25, 0.3) is 5.56 Å². The molecule has 0 spiro atoms. The molecule has 6 rings (SSSR count). The third-order valence-electron chi connectivity index (χ3n) is 7.93. The summed E-state index contributed by atoms with van der Waals surface area (Å²) in [6.45, 7) is 2.14. The van der Waals surface area contributed by atoms with Crippen molar-refractivity contribution in [3.05, 3.63) is 145 Å². The standard InChI is InChI=1S/C38H29I2N3O6S/c1-4-48-37(45)32-33(23-10-6-5-7-11-23)42-38-43(34(32)24-14-15-29(46-2)30(19-24)47-3)36(44)31(50-38)18-22-16-27(39)35(28(40)17-22)49-21-26-13-9-8-12-25(26)20-41/h5-19,34H,4,21H2,1-3H3/b31-18-/t34-/m1/s1. The number of carbonyl (C=O) groups is 1. The lowest BCUT2D eigenvalue weighted by atomic mass is 9.93. The largest absolute Gasteiger partial charge is 0.493 e. The van der Waals surface area contributed by atoms with Gasteiger partial charge in [-0.15, -0.1) is 0 Å². The molecule has 0 amide bonds. The minimum Gasteiger partial charge on any atom is -0.493 e. The van der Waals surface area contributed by atoms with Crippen molar-refractivity contribution < 1.29 is 23.7 Å². The second-order valence-electron chi connectivity index (χ2n) is 10.9. The highest BCUT2D eigenvalue weighted by molar-refractivity contribution is 14.1. The highest BCUT2D eigenvalue weighted by atomic mass is 127. The van der Waals surface area contributed by atoms with Crippen LogP contribution in [0.15, 0.2) is 100 Å². The molecule has 50 heavy (non-hydrogen) atoms. The van der Waals surface area contributed by atoms with E-state index in [1.807, 2.05) is 72.8 Å². The second kappa shape index (κ2) is 15.6. The number of fused-ring (bicyclic) bond motifs is 1. The number of esters is 1. The number of aromatic nitrogens is 1. The van der Waals surface area contributed by atoms with E-state index in [9.17, 15) is 14.9 Å². The molecule has 2 heterocycles. The summed E-state index contributed by atoms with van der Waals surface area (Å²) in [6, 6.07) is 27.3. The van der Waals surface area contributed by atoms with Gasteiger partial charge in [0.1, 0.15) is 12.4 Å². The predicted molar refractivity (Wildman–Crippen MR) is 208 cm³/mol. The van der Waals surface area contributed by atoms with Gasteiger partial charge in [0.05, 0.1) is 61.4 Å². The maximum atomic E-state index is 14.4. The molecule has 0 aliphatic carbocycles. The van der Waals surface area contributed by atoms with E-state index in [0.717, 1.165) is 23.8 Å². The van der Waals surface area contributed by atoms with Crippen LogP contribution in [0.2, 0.25) is 0 Å². The van der Waals surface area contributed by atoms with E-state index in [0.29, 0.717) is 43.4 Å². The molecule has 9 nitrogen and oxygen atoms in total. The van der Waals surface area contributed by atoms with E-state index in [1.54, 1.807) is 36.8 Å². The summed E-state index contributed by atoms with van der Waals surface area (Å²) in [5.41, 5.74) is 3.88. The number of rotatable bonds is 10. The van der Waals surface area contributed by atoms with Crippen molar-refractivity contribution >= 4 is 74.3 Å². The minimum atomic E-state index is -0.866. The maximum Gasteiger partial charge on any atom is 0.338 e. The van der Waals surface area contributed by atoms with Crippen LogP contribution in [-0.2, 0) is 16.1 Å². The molecule has 252 valence electrons. The van der Waals surface area contributed by atoms with Crippen molar-refractivity contribution in [3.8, 4) is 23.3 Å². The Balaban J connectivity index is 1.50. The number of nitriles is 1. The Labute approximate surface area is 319 Å². The monoisotopic (exact) mass is 909 g/mol. The number of nitrogens with zero attached hydrogens (tertiary/aromatic N) is 3. The lowest BCUT2D eigenvalue weighted by molar-refractivity contribution is -0.138. The molecule has 4 aromatic carbocycles. The Hall–Kier alpha value is -4.46. The maximum absolute atomic E-state index is 14.4. The summed E-state index contributed by atoms with van der Waals surface area (Å²) in [6.07, 6.45) is 1.82. The molecule has 0 saturated heterocycles. The lowest BCUT2D eigenvalue weighted by Gasteiger charge is -2.26. The normalized spacial score (nSPS) is 14.0. The van der Waals surface area contributed by atoms with E-state index >= 15 is 0 Å². The van der Waals surface area contributed by atoms with Crippen molar-refractivity contribution in [2.45, 2.75) is 19.6 Å². The minimum absolute atomic E-state index is 0.148. The molecule has 0 bridgehead atoms. The van der Waals surface area contributed by atoms with Gasteiger partial charge in [0.15, 0.2) is 16.3 Å². The van der Waals surface area contributed by atoms with Gasteiger partial charge in [-0.05, 0) is 99.6 Å². The zero-order chi connectivity index (χ0) is 35.4. The summed E-state index contributed by atoms with van der Waals surface area (Å²) < 4.78 is 26.5. The van der Waals surface area contributed by atoms with Crippen molar-refractivity contribution in [2.24, 2.45) is 4.99 Å². The van der Waals surface area contributed by atoms with E-state index in [2.05, 4.69) is 51.3 Å². The second-order valence-corrected chi connectivity index (χ2v) is 14.3. The molecular formula is C38H29I2N3O6S.